The number of carboxylic acids is 2. The molecule has 0 rings (SSSR count). The van der Waals surface area contributed by atoms with Gasteiger partial charge >= 0.3 is 11.9 Å². The van der Waals surface area contributed by atoms with Gasteiger partial charge in [0.1, 0.15) is 11.8 Å². The van der Waals surface area contributed by atoms with Gasteiger partial charge in [-0.15, -0.1) is 0 Å². The maximum absolute atomic E-state index is 12.7. The van der Waals surface area contributed by atoms with Crippen LogP contribution in [-0.4, -0.2) is 39.9 Å². The van der Waals surface area contributed by atoms with Gasteiger partial charge in [0.2, 0.25) is 5.91 Å². The van der Waals surface area contributed by atoms with Crippen molar-refractivity contribution in [2.45, 2.75) is 79.2 Å². The Morgan fingerprint density at radius 2 is 1.60 bits per heavy atom. The normalized spacial score (nSPS) is 17.0. The third-order valence-electron chi connectivity index (χ3n) is 4.97. The maximum Gasteiger partial charge on any atom is 0.326 e. The molecule has 144 valence electrons. The summed E-state index contributed by atoms with van der Waals surface area (Å²) >= 11 is 0. The summed E-state index contributed by atoms with van der Waals surface area (Å²) in [5.41, 5.74) is -1.45. The summed E-state index contributed by atoms with van der Waals surface area (Å²) in [4.78, 5) is 46.3. The van der Waals surface area contributed by atoms with E-state index in [1.807, 2.05) is 20.8 Å². The smallest absolute Gasteiger partial charge is 0.326 e. The molecule has 0 aromatic heterocycles. The van der Waals surface area contributed by atoms with Crippen LogP contribution in [0.15, 0.2) is 0 Å². The largest absolute Gasteiger partial charge is 0.481 e. The molecule has 3 N–H and O–H groups in total. The molecule has 3 atom stereocenters. The van der Waals surface area contributed by atoms with Crippen molar-refractivity contribution in [1.29, 1.82) is 0 Å². The second-order valence-electron chi connectivity index (χ2n) is 7.43. The fourth-order valence-corrected chi connectivity index (χ4v) is 2.92. The van der Waals surface area contributed by atoms with Crippen molar-refractivity contribution in [3.05, 3.63) is 0 Å². The Morgan fingerprint density at radius 1 is 1.04 bits per heavy atom. The van der Waals surface area contributed by atoms with Gasteiger partial charge < -0.3 is 20.3 Å². The van der Waals surface area contributed by atoms with Crippen LogP contribution in [0.1, 0.15) is 73.1 Å². The molecule has 0 aliphatic heterocycles. The van der Waals surface area contributed by atoms with Crippen LogP contribution in [0.2, 0.25) is 0 Å². The third kappa shape index (κ3) is 7.67. The minimum Gasteiger partial charge on any atom is -0.481 e. The van der Waals surface area contributed by atoms with Crippen molar-refractivity contribution in [2.24, 2.45) is 10.8 Å². The number of rotatable bonds is 12. The number of aliphatic carboxylic acids is 2. The molecule has 0 aromatic rings. The highest BCUT2D eigenvalue weighted by Crippen LogP contribution is 2.41. The quantitative estimate of drug-likeness (QED) is 0.494. The highest BCUT2D eigenvalue weighted by molar-refractivity contribution is 5.87. The lowest BCUT2D eigenvalue weighted by Crippen LogP contribution is -2.49. The van der Waals surface area contributed by atoms with E-state index in [-0.39, 0.29) is 25.0 Å². The van der Waals surface area contributed by atoms with Crippen LogP contribution in [0, 0.1) is 10.8 Å². The van der Waals surface area contributed by atoms with Gasteiger partial charge in [0.25, 0.3) is 0 Å². The molecule has 25 heavy (non-hydrogen) atoms. The molecule has 0 aliphatic carbocycles. The van der Waals surface area contributed by atoms with E-state index in [2.05, 4.69) is 5.32 Å². The molecule has 7 heteroatoms. The minimum atomic E-state index is -1.18. The van der Waals surface area contributed by atoms with Crippen LogP contribution in [0.5, 0.6) is 0 Å². The molecular weight excluding hydrogens is 326 g/mol. The molecule has 0 radical (unpaired) electrons. The van der Waals surface area contributed by atoms with Gasteiger partial charge in [-0.2, -0.15) is 0 Å². The summed E-state index contributed by atoms with van der Waals surface area (Å²) in [6.45, 7) is 8.62. The molecule has 3 unspecified atom stereocenters. The van der Waals surface area contributed by atoms with E-state index in [0.717, 1.165) is 0 Å². The van der Waals surface area contributed by atoms with Gasteiger partial charge in [-0.05, 0) is 31.6 Å². The average molecular weight is 357 g/mol. The van der Waals surface area contributed by atoms with E-state index in [9.17, 15) is 24.3 Å². The number of hydrogen-bond acceptors (Lipinski definition) is 4. The summed E-state index contributed by atoms with van der Waals surface area (Å²) < 4.78 is 0. The van der Waals surface area contributed by atoms with Crippen LogP contribution in [0.3, 0.4) is 0 Å². The number of ketones is 1. The number of hydrogen-bond donors (Lipinski definition) is 3. The number of nitrogens with one attached hydrogen (secondary N) is 1. The second kappa shape index (κ2) is 9.53. The van der Waals surface area contributed by atoms with Crippen LogP contribution >= 0.6 is 0 Å². The first kappa shape index (κ1) is 23.1. The van der Waals surface area contributed by atoms with Gasteiger partial charge in [0.15, 0.2) is 0 Å². The summed E-state index contributed by atoms with van der Waals surface area (Å²) in [7, 11) is 0. The van der Waals surface area contributed by atoms with Crippen LogP contribution in [0.4, 0.5) is 0 Å². The predicted octanol–water partition coefficient (Wildman–Crippen LogP) is 2.62. The highest BCUT2D eigenvalue weighted by Gasteiger charge is 2.40. The lowest BCUT2D eigenvalue weighted by Gasteiger charge is -2.37. The average Bonchev–Trinajstić information content (AvgIpc) is 2.49. The first-order valence-electron chi connectivity index (χ1n) is 8.64. The molecule has 0 bridgehead atoms. The van der Waals surface area contributed by atoms with Gasteiger partial charge in [0.05, 0.1) is 6.42 Å². The molecule has 0 spiro atoms. The second-order valence-corrected chi connectivity index (χ2v) is 7.43. The highest BCUT2D eigenvalue weighted by atomic mass is 16.4. The van der Waals surface area contributed by atoms with E-state index in [1.165, 1.54) is 6.92 Å². The Kier molecular flexibility index (Phi) is 8.80. The standard InChI is InChI=1S/C18H31NO6/c1-6-17(4,10-14(21)22)11-18(5,7-2)16(25)19-13(15(23)24)9-8-12(3)20/h13H,6-11H2,1-5H3,(H,19,25)(H,21,22)(H,23,24). The Balaban J connectivity index is 5.26. The van der Waals surface area contributed by atoms with Crippen LogP contribution < -0.4 is 5.32 Å². The number of carboxylic acid groups (broad SMARTS) is 2. The van der Waals surface area contributed by atoms with E-state index >= 15 is 0 Å². The molecule has 0 heterocycles. The van der Waals surface area contributed by atoms with Crippen molar-refractivity contribution in [1.82, 2.24) is 5.32 Å². The van der Waals surface area contributed by atoms with E-state index in [0.29, 0.717) is 19.3 Å². The molecule has 7 nitrogen and oxygen atoms in total. The Labute approximate surface area is 149 Å². The fourth-order valence-electron chi connectivity index (χ4n) is 2.92. The van der Waals surface area contributed by atoms with Crippen LogP contribution in [0.25, 0.3) is 0 Å². The van der Waals surface area contributed by atoms with Crippen molar-refractivity contribution in [2.75, 3.05) is 0 Å². The number of Topliss-reactive ketones (excluding diaryl/α,β-unsaturated/α-hetero) is 1. The lowest BCUT2D eigenvalue weighted by molar-refractivity contribution is -0.145. The van der Waals surface area contributed by atoms with Crippen molar-refractivity contribution in [3.63, 3.8) is 0 Å². The number of amides is 1. The molecule has 0 aromatic carbocycles. The zero-order valence-electron chi connectivity index (χ0n) is 15.8. The molecule has 0 saturated carbocycles. The van der Waals surface area contributed by atoms with Gasteiger partial charge in [-0.3, -0.25) is 9.59 Å². The SMILES string of the molecule is CCC(C)(CC(=O)O)CC(C)(CC)C(=O)NC(CCC(C)=O)C(=O)O. The van der Waals surface area contributed by atoms with E-state index in [1.54, 1.807) is 6.92 Å². The van der Waals surface area contributed by atoms with E-state index in [4.69, 9.17) is 5.11 Å². The molecule has 0 aliphatic rings. The molecular formula is C18H31NO6. The summed E-state index contributed by atoms with van der Waals surface area (Å²) in [6.07, 6.45) is 1.44. The Morgan fingerprint density at radius 3 is 1.96 bits per heavy atom. The summed E-state index contributed by atoms with van der Waals surface area (Å²) in [6, 6.07) is -1.13. The summed E-state index contributed by atoms with van der Waals surface area (Å²) in [5, 5.41) is 20.9. The first-order valence-corrected chi connectivity index (χ1v) is 8.64. The lowest BCUT2D eigenvalue weighted by atomic mass is 9.68. The van der Waals surface area contributed by atoms with Gasteiger partial charge in [-0.1, -0.05) is 34.1 Å². The third-order valence-corrected chi connectivity index (χ3v) is 4.97. The van der Waals surface area contributed by atoms with Crippen molar-refractivity contribution >= 4 is 23.6 Å². The van der Waals surface area contributed by atoms with Crippen LogP contribution in [-0.2, 0) is 19.2 Å². The monoisotopic (exact) mass is 357 g/mol. The van der Waals surface area contributed by atoms with Gasteiger partial charge in [0, 0.05) is 11.8 Å². The van der Waals surface area contributed by atoms with Crippen molar-refractivity contribution < 1.29 is 29.4 Å². The zero-order valence-corrected chi connectivity index (χ0v) is 15.8. The number of carbonyl (C=O) groups is 4. The molecule has 1 amide bonds. The first-order chi connectivity index (χ1) is 11.4. The van der Waals surface area contributed by atoms with Crippen molar-refractivity contribution in [3.8, 4) is 0 Å². The molecule has 0 saturated heterocycles. The predicted molar refractivity (Wildman–Crippen MR) is 93.1 cm³/mol. The fraction of sp³-hybridized carbons (Fsp3) is 0.778. The Hall–Kier alpha value is -1.92. The maximum atomic E-state index is 12.7. The summed E-state index contributed by atoms with van der Waals surface area (Å²) in [5.74, 6) is -2.67. The Bertz CT molecular complexity index is 518. The zero-order chi connectivity index (χ0) is 19.8. The van der Waals surface area contributed by atoms with E-state index < -0.39 is 34.7 Å². The molecule has 0 fully saturated rings. The number of carbonyl (C=O) groups excluding carboxylic acids is 2. The van der Waals surface area contributed by atoms with Gasteiger partial charge in [-0.25, -0.2) is 4.79 Å². The minimum absolute atomic E-state index is 0.0381. The topological polar surface area (TPSA) is 121 Å².